The molecule has 2 rings (SSSR count). The fourth-order valence-corrected chi connectivity index (χ4v) is 1.88. The van der Waals surface area contributed by atoms with Crippen LogP contribution in [0, 0.1) is 6.92 Å². The maximum atomic E-state index is 12.0. The highest BCUT2D eigenvalue weighted by molar-refractivity contribution is 6.32. The SMILES string of the molecule is CCOc1cc(C)c(NC(=O)c2cnccn2)cc1Cl. The molecule has 6 heteroatoms. The number of aromatic nitrogens is 2. The molecule has 0 saturated carbocycles. The maximum absolute atomic E-state index is 12.0. The summed E-state index contributed by atoms with van der Waals surface area (Å²) in [5.41, 5.74) is 1.72. The number of carbonyl (C=O) groups excluding carboxylic acids is 1. The molecule has 1 amide bonds. The number of aryl methyl sites for hydroxylation is 1. The van der Waals surface area contributed by atoms with Crippen LogP contribution in [0.25, 0.3) is 0 Å². The molecule has 0 fully saturated rings. The summed E-state index contributed by atoms with van der Waals surface area (Å²) in [5, 5.41) is 3.21. The van der Waals surface area contributed by atoms with E-state index < -0.39 is 0 Å². The molecule has 1 aromatic heterocycles. The van der Waals surface area contributed by atoms with Gasteiger partial charge in [-0.3, -0.25) is 9.78 Å². The molecular weight excluding hydrogens is 278 g/mol. The van der Waals surface area contributed by atoms with Gasteiger partial charge in [-0.05, 0) is 31.5 Å². The minimum Gasteiger partial charge on any atom is -0.492 e. The first-order chi connectivity index (χ1) is 9.61. The Labute approximate surface area is 122 Å². The average Bonchev–Trinajstić information content (AvgIpc) is 2.45. The van der Waals surface area contributed by atoms with Crippen LogP contribution in [-0.4, -0.2) is 22.5 Å². The summed E-state index contributed by atoms with van der Waals surface area (Å²) >= 11 is 6.11. The number of anilines is 1. The number of carbonyl (C=O) groups is 1. The molecule has 0 bridgehead atoms. The van der Waals surface area contributed by atoms with E-state index in [0.717, 1.165) is 5.56 Å². The van der Waals surface area contributed by atoms with Gasteiger partial charge in [-0.2, -0.15) is 0 Å². The molecule has 5 nitrogen and oxygen atoms in total. The number of halogens is 1. The van der Waals surface area contributed by atoms with E-state index in [4.69, 9.17) is 16.3 Å². The van der Waals surface area contributed by atoms with E-state index >= 15 is 0 Å². The number of amides is 1. The fourth-order valence-electron chi connectivity index (χ4n) is 1.66. The number of ether oxygens (including phenoxy) is 1. The normalized spacial score (nSPS) is 10.2. The van der Waals surface area contributed by atoms with E-state index in [2.05, 4.69) is 15.3 Å². The van der Waals surface area contributed by atoms with Gasteiger partial charge in [0.05, 0.1) is 17.8 Å². The van der Waals surface area contributed by atoms with Crippen molar-refractivity contribution in [2.45, 2.75) is 13.8 Å². The maximum Gasteiger partial charge on any atom is 0.275 e. The van der Waals surface area contributed by atoms with Crippen molar-refractivity contribution in [1.29, 1.82) is 0 Å². The Morgan fingerprint density at radius 3 is 2.85 bits per heavy atom. The van der Waals surface area contributed by atoms with E-state index in [1.165, 1.54) is 18.6 Å². The minimum absolute atomic E-state index is 0.247. The smallest absolute Gasteiger partial charge is 0.275 e. The highest BCUT2D eigenvalue weighted by atomic mass is 35.5. The average molecular weight is 292 g/mol. The number of hydrogen-bond donors (Lipinski definition) is 1. The largest absolute Gasteiger partial charge is 0.492 e. The fraction of sp³-hybridized carbons (Fsp3) is 0.214. The molecule has 20 heavy (non-hydrogen) atoms. The zero-order valence-electron chi connectivity index (χ0n) is 11.2. The first-order valence-electron chi connectivity index (χ1n) is 6.12. The molecule has 1 N–H and O–H groups in total. The van der Waals surface area contributed by atoms with Crippen LogP contribution in [0.3, 0.4) is 0 Å². The Bertz CT molecular complexity index is 617. The number of nitrogens with zero attached hydrogens (tertiary/aromatic N) is 2. The van der Waals surface area contributed by atoms with Gasteiger partial charge < -0.3 is 10.1 Å². The summed E-state index contributed by atoms with van der Waals surface area (Å²) in [4.78, 5) is 19.8. The van der Waals surface area contributed by atoms with E-state index in [-0.39, 0.29) is 11.6 Å². The van der Waals surface area contributed by atoms with Crippen LogP contribution in [0.15, 0.2) is 30.7 Å². The molecule has 104 valence electrons. The molecule has 1 heterocycles. The van der Waals surface area contributed by atoms with Crippen molar-refractivity contribution in [3.8, 4) is 5.75 Å². The van der Waals surface area contributed by atoms with Crippen LogP contribution in [-0.2, 0) is 0 Å². The lowest BCUT2D eigenvalue weighted by molar-refractivity contribution is 0.102. The van der Waals surface area contributed by atoms with Crippen LogP contribution < -0.4 is 10.1 Å². The molecule has 0 unspecified atom stereocenters. The van der Waals surface area contributed by atoms with Crippen LogP contribution in [0.2, 0.25) is 5.02 Å². The van der Waals surface area contributed by atoms with Crippen molar-refractivity contribution < 1.29 is 9.53 Å². The first kappa shape index (κ1) is 14.3. The van der Waals surface area contributed by atoms with Crippen molar-refractivity contribution in [2.75, 3.05) is 11.9 Å². The lowest BCUT2D eigenvalue weighted by atomic mass is 10.2. The van der Waals surface area contributed by atoms with Crippen molar-refractivity contribution in [2.24, 2.45) is 0 Å². The van der Waals surface area contributed by atoms with Crippen LogP contribution >= 0.6 is 11.6 Å². The molecule has 0 saturated heterocycles. The lowest BCUT2D eigenvalue weighted by Crippen LogP contribution is -2.14. The van der Waals surface area contributed by atoms with Crippen molar-refractivity contribution >= 4 is 23.2 Å². The Morgan fingerprint density at radius 2 is 2.20 bits per heavy atom. The molecule has 0 aliphatic rings. The summed E-state index contributed by atoms with van der Waals surface area (Å²) in [6, 6.07) is 3.45. The third-order valence-corrected chi connectivity index (χ3v) is 2.92. The summed E-state index contributed by atoms with van der Waals surface area (Å²) in [7, 11) is 0. The zero-order valence-corrected chi connectivity index (χ0v) is 11.9. The topological polar surface area (TPSA) is 64.1 Å². The Morgan fingerprint density at radius 1 is 1.40 bits per heavy atom. The van der Waals surface area contributed by atoms with Gasteiger partial charge in [-0.15, -0.1) is 0 Å². The molecule has 0 atom stereocenters. The minimum atomic E-state index is -0.332. The van der Waals surface area contributed by atoms with Gasteiger partial charge in [0.2, 0.25) is 0 Å². The molecule has 2 aromatic rings. The standard InChI is InChI=1S/C14H14ClN3O2/c1-3-20-13-6-9(2)11(7-10(13)15)18-14(19)12-8-16-4-5-17-12/h4-8H,3H2,1-2H3,(H,18,19). The van der Waals surface area contributed by atoms with Gasteiger partial charge >= 0.3 is 0 Å². The van der Waals surface area contributed by atoms with Crippen molar-refractivity contribution in [1.82, 2.24) is 9.97 Å². The highest BCUT2D eigenvalue weighted by Gasteiger charge is 2.12. The number of benzene rings is 1. The Balaban J connectivity index is 2.22. The van der Waals surface area contributed by atoms with Gasteiger partial charge in [0.1, 0.15) is 11.4 Å². The predicted octanol–water partition coefficient (Wildman–Crippen LogP) is 3.09. The summed E-state index contributed by atoms with van der Waals surface area (Å²) in [5.74, 6) is 0.269. The highest BCUT2D eigenvalue weighted by Crippen LogP contribution is 2.31. The number of nitrogens with one attached hydrogen (secondary N) is 1. The number of hydrogen-bond acceptors (Lipinski definition) is 4. The molecule has 0 aliphatic heterocycles. The molecular formula is C14H14ClN3O2. The Hall–Kier alpha value is -2.14. The summed E-state index contributed by atoms with van der Waals surface area (Å²) in [6.45, 7) is 4.28. The summed E-state index contributed by atoms with van der Waals surface area (Å²) in [6.07, 6.45) is 4.38. The van der Waals surface area contributed by atoms with E-state index in [0.29, 0.717) is 23.1 Å². The van der Waals surface area contributed by atoms with Gasteiger partial charge in [-0.1, -0.05) is 11.6 Å². The lowest BCUT2D eigenvalue weighted by Gasteiger charge is -2.12. The second kappa shape index (κ2) is 6.34. The first-order valence-corrected chi connectivity index (χ1v) is 6.50. The zero-order chi connectivity index (χ0) is 14.5. The van der Waals surface area contributed by atoms with Gasteiger partial charge in [0, 0.05) is 18.1 Å². The van der Waals surface area contributed by atoms with Crippen LogP contribution in [0.5, 0.6) is 5.75 Å². The van der Waals surface area contributed by atoms with Crippen LogP contribution in [0.1, 0.15) is 23.0 Å². The third-order valence-electron chi connectivity index (χ3n) is 2.62. The third kappa shape index (κ3) is 3.24. The molecule has 0 spiro atoms. The second-order valence-electron chi connectivity index (χ2n) is 4.08. The molecule has 0 aliphatic carbocycles. The van der Waals surface area contributed by atoms with Crippen LogP contribution in [0.4, 0.5) is 5.69 Å². The van der Waals surface area contributed by atoms with Crippen molar-refractivity contribution in [3.05, 3.63) is 47.0 Å². The molecule has 0 radical (unpaired) electrons. The van der Waals surface area contributed by atoms with E-state index in [1.807, 2.05) is 13.8 Å². The molecule has 1 aromatic carbocycles. The quantitative estimate of drug-likeness (QED) is 0.940. The van der Waals surface area contributed by atoms with Gasteiger partial charge in [0.15, 0.2) is 0 Å². The predicted molar refractivity (Wildman–Crippen MR) is 77.3 cm³/mol. The van der Waals surface area contributed by atoms with Crippen molar-refractivity contribution in [3.63, 3.8) is 0 Å². The van der Waals surface area contributed by atoms with E-state index in [9.17, 15) is 4.79 Å². The van der Waals surface area contributed by atoms with E-state index in [1.54, 1.807) is 12.1 Å². The summed E-state index contributed by atoms with van der Waals surface area (Å²) < 4.78 is 5.40. The van der Waals surface area contributed by atoms with Gasteiger partial charge in [-0.25, -0.2) is 4.98 Å². The van der Waals surface area contributed by atoms with Gasteiger partial charge in [0.25, 0.3) is 5.91 Å². The monoisotopic (exact) mass is 291 g/mol. The Kier molecular flexibility index (Phi) is 4.53. The number of rotatable bonds is 4. The second-order valence-corrected chi connectivity index (χ2v) is 4.48.